The Morgan fingerprint density at radius 2 is 2.06 bits per heavy atom. The summed E-state index contributed by atoms with van der Waals surface area (Å²) in [5.74, 6) is 1.93. The molecule has 1 aromatic rings. The molecular weight excluding hydrogens is 216 g/mol. The molecule has 0 aromatic carbocycles. The van der Waals surface area contributed by atoms with Gasteiger partial charge in [-0.15, -0.1) is 0 Å². The number of nitrogens with zero attached hydrogens (tertiary/aromatic N) is 3. The van der Waals surface area contributed by atoms with Crippen molar-refractivity contribution < 1.29 is 5.11 Å². The molecule has 0 saturated heterocycles. The highest BCUT2D eigenvalue weighted by atomic mass is 16.3. The average Bonchev–Trinajstić information content (AvgIpc) is 2.72. The van der Waals surface area contributed by atoms with Crippen LogP contribution in [0.15, 0.2) is 0 Å². The molecule has 1 aromatic heterocycles. The standard InChI is InChI=1S/C12H24N4O/c1-4-11-14-12(5-2)16(15-11)9-10(7-8-17)13-6-3/h10,13,17H,4-9H2,1-3H3. The monoisotopic (exact) mass is 240 g/mol. The largest absolute Gasteiger partial charge is 0.396 e. The van der Waals surface area contributed by atoms with Gasteiger partial charge in [-0.1, -0.05) is 20.8 Å². The summed E-state index contributed by atoms with van der Waals surface area (Å²) in [5, 5.41) is 16.9. The van der Waals surface area contributed by atoms with Gasteiger partial charge in [-0.05, 0) is 13.0 Å². The van der Waals surface area contributed by atoms with E-state index in [0.717, 1.165) is 44.0 Å². The SMILES string of the molecule is CCNC(CCO)Cn1nc(CC)nc1CC. The van der Waals surface area contributed by atoms with Gasteiger partial charge in [-0.3, -0.25) is 0 Å². The van der Waals surface area contributed by atoms with Crippen molar-refractivity contribution in [2.75, 3.05) is 13.2 Å². The second kappa shape index (κ2) is 7.40. The van der Waals surface area contributed by atoms with Gasteiger partial charge >= 0.3 is 0 Å². The quantitative estimate of drug-likeness (QED) is 0.704. The van der Waals surface area contributed by atoms with Gasteiger partial charge < -0.3 is 10.4 Å². The molecular formula is C12H24N4O. The average molecular weight is 240 g/mol. The van der Waals surface area contributed by atoms with E-state index in [1.54, 1.807) is 0 Å². The molecule has 0 spiro atoms. The molecule has 1 rings (SSSR count). The van der Waals surface area contributed by atoms with E-state index < -0.39 is 0 Å². The molecule has 1 atom stereocenters. The third-order valence-electron chi connectivity index (χ3n) is 2.79. The Morgan fingerprint density at radius 1 is 1.29 bits per heavy atom. The third kappa shape index (κ3) is 4.09. The Kier molecular flexibility index (Phi) is 6.15. The molecule has 0 amide bonds. The molecule has 0 aliphatic rings. The number of aryl methyl sites for hydroxylation is 2. The highest BCUT2D eigenvalue weighted by molar-refractivity contribution is 4.93. The van der Waals surface area contributed by atoms with E-state index in [1.807, 2.05) is 4.68 Å². The van der Waals surface area contributed by atoms with Crippen molar-refractivity contribution in [3.63, 3.8) is 0 Å². The minimum Gasteiger partial charge on any atom is -0.396 e. The summed E-state index contributed by atoms with van der Waals surface area (Å²) < 4.78 is 1.97. The molecule has 0 bridgehead atoms. The lowest BCUT2D eigenvalue weighted by Crippen LogP contribution is -2.34. The zero-order valence-electron chi connectivity index (χ0n) is 11.1. The first-order valence-corrected chi connectivity index (χ1v) is 6.51. The summed E-state index contributed by atoms with van der Waals surface area (Å²) in [4.78, 5) is 4.48. The molecule has 0 saturated carbocycles. The smallest absolute Gasteiger partial charge is 0.150 e. The van der Waals surface area contributed by atoms with Gasteiger partial charge in [-0.25, -0.2) is 9.67 Å². The van der Waals surface area contributed by atoms with Crippen molar-refractivity contribution >= 4 is 0 Å². The Hall–Kier alpha value is -0.940. The van der Waals surface area contributed by atoms with Crippen molar-refractivity contribution in [1.82, 2.24) is 20.1 Å². The van der Waals surface area contributed by atoms with Crippen LogP contribution in [0.1, 0.15) is 38.8 Å². The van der Waals surface area contributed by atoms with E-state index in [1.165, 1.54) is 0 Å². The topological polar surface area (TPSA) is 63.0 Å². The maximum atomic E-state index is 9.03. The first-order chi connectivity index (χ1) is 8.24. The fraction of sp³-hybridized carbons (Fsp3) is 0.833. The summed E-state index contributed by atoms with van der Waals surface area (Å²) in [6, 6.07) is 0.265. The second-order valence-corrected chi connectivity index (χ2v) is 4.10. The summed E-state index contributed by atoms with van der Waals surface area (Å²) >= 11 is 0. The number of aliphatic hydroxyl groups excluding tert-OH is 1. The van der Waals surface area contributed by atoms with Crippen molar-refractivity contribution in [3.8, 4) is 0 Å². The van der Waals surface area contributed by atoms with Gasteiger partial charge in [-0.2, -0.15) is 5.10 Å². The Labute approximate surface area is 103 Å². The number of nitrogens with one attached hydrogen (secondary N) is 1. The molecule has 0 fully saturated rings. The van der Waals surface area contributed by atoms with Crippen molar-refractivity contribution in [2.24, 2.45) is 0 Å². The fourth-order valence-corrected chi connectivity index (χ4v) is 1.89. The van der Waals surface area contributed by atoms with Gasteiger partial charge in [0.05, 0.1) is 6.54 Å². The van der Waals surface area contributed by atoms with E-state index in [2.05, 4.69) is 36.2 Å². The highest BCUT2D eigenvalue weighted by Crippen LogP contribution is 2.04. The lowest BCUT2D eigenvalue weighted by Gasteiger charge is -2.17. The van der Waals surface area contributed by atoms with Crippen LogP contribution in [0.4, 0.5) is 0 Å². The predicted molar refractivity (Wildman–Crippen MR) is 67.9 cm³/mol. The molecule has 5 nitrogen and oxygen atoms in total. The van der Waals surface area contributed by atoms with E-state index in [-0.39, 0.29) is 12.6 Å². The Bertz CT molecular complexity index is 318. The lowest BCUT2D eigenvalue weighted by atomic mass is 10.2. The minimum absolute atomic E-state index is 0.203. The molecule has 17 heavy (non-hydrogen) atoms. The Balaban J connectivity index is 2.72. The van der Waals surface area contributed by atoms with Gasteiger partial charge in [0.25, 0.3) is 0 Å². The molecule has 0 aliphatic heterocycles. The van der Waals surface area contributed by atoms with Crippen molar-refractivity contribution in [2.45, 2.75) is 52.6 Å². The van der Waals surface area contributed by atoms with Gasteiger partial charge in [0.1, 0.15) is 5.82 Å². The van der Waals surface area contributed by atoms with E-state index in [0.29, 0.717) is 0 Å². The molecule has 2 N–H and O–H groups in total. The number of hydrogen-bond acceptors (Lipinski definition) is 4. The first kappa shape index (κ1) is 14.1. The number of rotatable bonds is 8. The normalized spacial score (nSPS) is 12.9. The van der Waals surface area contributed by atoms with Gasteiger partial charge in [0, 0.05) is 25.5 Å². The third-order valence-corrected chi connectivity index (χ3v) is 2.79. The van der Waals surface area contributed by atoms with E-state index in [4.69, 9.17) is 5.11 Å². The van der Waals surface area contributed by atoms with E-state index >= 15 is 0 Å². The van der Waals surface area contributed by atoms with Crippen LogP contribution in [-0.4, -0.2) is 39.1 Å². The molecule has 1 unspecified atom stereocenters. The van der Waals surface area contributed by atoms with Crippen LogP contribution in [0, 0.1) is 0 Å². The number of aliphatic hydroxyl groups is 1. The highest BCUT2D eigenvalue weighted by Gasteiger charge is 2.12. The van der Waals surface area contributed by atoms with Crippen LogP contribution >= 0.6 is 0 Å². The lowest BCUT2D eigenvalue weighted by molar-refractivity contribution is 0.254. The zero-order valence-corrected chi connectivity index (χ0v) is 11.1. The minimum atomic E-state index is 0.203. The fourth-order valence-electron chi connectivity index (χ4n) is 1.89. The van der Waals surface area contributed by atoms with E-state index in [9.17, 15) is 0 Å². The van der Waals surface area contributed by atoms with Crippen molar-refractivity contribution in [3.05, 3.63) is 11.6 Å². The predicted octanol–water partition coefficient (Wildman–Crippen LogP) is 0.763. The van der Waals surface area contributed by atoms with Crippen LogP contribution < -0.4 is 5.32 Å². The maximum absolute atomic E-state index is 9.03. The van der Waals surface area contributed by atoms with Crippen molar-refractivity contribution in [1.29, 1.82) is 0 Å². The van der Waals surface area contributed by atoms with Crippen LogP contribution in [-0.2, 0) is 19.4 Å². The van der Waals surface area contributed by atoms with Crippen LogP contribution in [0.2, 0.25) is 0 Å². The molecule has 0 aliphatic carbocycles. The summed E-state index contributed by atoms with van der Waals surface area (Å²) in [7, 11) is 0. The number of likely N-dealkylation sites (N-methyl/N-ethyl adjacent to an activating group) is 1. The van der Waals surface area contributed by atoms with Crippen LogP contribution in [0.25, 0.3) is 0 Å². The van der Waals surface area contributed by atoms with Gasteiger partial charge in [0.2, 0.25) is 0 Å². The maximum Gasteiger partial charge on any atom is 0.150 e. The summed E-state index contributed by atoms with van der Waals surface area (Å²) in [5.41, 5.74) is 0. The molecule has 5 heteroatoms. The number of aromatic nitrogens is 3. The van der Waals surface area contributed by atoms with Crippen LogP contribution in [0.5, 0.6) is 0 Å². The molecule has 0 radical (unpaired) electrons. The summed E-state index contributed by atoms with van der Waals surface area (Å²) in [6.07, 6.45) is 2.51. The molecule has 98 valence electrons. The number of hydrogen-bond donors (Lipinski definition) is 2. The van der Waals surface area contributed by atoms with Crippen LogP contribution in [0.3, 0.4) is 0 Å². The zero-order chi connectivity index (χ0) is 12.7. The summed E-state index contributed by atoms with van der Waals surface area (Å²) in [6.45, 7) is 8.12. The molecule has 1 heterocycles. The Morgan fingerprint density at radius 3 is 2.59 bits per heavy atom. The van der Waals surface area contributed by atoms with Gasteiger partial charge in [0.15, 0.2) is 5.82 Å². The first-order valence-electron chi connectivity index (χ1n) is 6.51. The second-order valence-electron chi connectivity index (χ2n) is 4.10.